The summed E-state index contributed by atoms with van der Waals surface area (Å²) in [6.07, 6.45) is 3.17. The molecule has 2 aliphatic carbocycles. The van der Waals surface area contributed by atoms with Crippen molar-refractivity contribution in [2.45, 2.75) is 19.3 Å². The number of carbonyl (C=O) groups excluding carboxylic acids is 1. The molecule has 0 saturated heterocycles. The van der Waals surface area contributed by atoms with Crippen LogP contribution in [0.15, 0.2) is 22.7 Å². The highest BCUT2D eigenvalue weighted by atomic mass is 79.9. The second-order valence-electron chi connectivity index (χ2n) is 4.09. The summed E-state index contributed by atoms with van der Waals surface area (Å²) < 4.78 is 1.01. The SMILES string of the molecule is O=C1c2cc(Br)ccc2CC12CC2. The summed E-state index contributed by atoms with van der Waals surface area (Å²) in [4.78, 5) is 11.9. The van der Waals surface area contributed by atoms with Crippen LogP contribution in [0, 0.1) is 5.41 Å². The van der Waals surface area contributed by atoms with Gasteiger partial charge in [0, 0.05) is 15.5 Å². The fraction of sp³-hybridized carbons (Fsp3) is 0.364. The van der Waals surface area contributed by atoms with Crippen LogP contribution in [0.4, 0.5) is 0 Å². The van der Waals surface area contributed by atoms with Gasteiger partial charge in [-0.15, -0.1) is 0 Å². The Hall–Kier alpha value is -0.630. The summed E-state index contributed by atoms with van der Waals surface area (Å²) in [6.45, 7) is 0. The van der Waals surface area contributed by atoms with Crippen LogP contribution < -0.4 is 0 Å². The highest BCUT2D eigenvalue weighted by Crippen LogP contribution is 2.55. The van der Waals surface area contributed by atoms with E-state index in [1.165, 1.54) is 5.56 Å². The van der Waals surface area contributed by atoms with E-state index < -0.39 is 0 Å². The molecule has 1 saturated carbocycles. The van der Waals surface area contributed by atoms with Crippen molar-refractivity contribution in [3.8, 4) is 0 Å². The molecule has 0 radical (unpaired) electrons. The van der Waals surface area contributed by atoms with E-state index in [9.17, 15) is 4.79 Å². The third-order valence-corrected chi connectivity index (χ3v) is 3.67. The van der Waals surface area contributed by atoms with E-state index in [1.807, 2.05) is 12.1 Å². The number of ketones is 1. The zero-order valence-corrected chi connectivity index (χ0v) is 8.73. The average Bonchev–Trinajstić information content (AvgIpc) is 2.83. The summed E-state index contributed by atoms with van der Waals surface area (Å²) in [5.41, 5.74) is 2.24. The van der Waals surface area contributed by atoms with Gasteiger partial charge in [0.2, 0.25) is 0 Å². The Labute approximate surface area is 85.3 Å². The summed E-state index contributed by atoms with van der Waals surface area (Å²) in [5, 5.41) is 0. The maximum absolute atomic E-state index is 11.9. The van der Waals surface area contributed by atoms with Gasteiger partial charge in [-0.2, -0.15) is 0 Å². The van der Waals surface area contributed by atoms with Gasteiger partial charge in [0.1, 0.15) is 0 Å². The molecule has 0 atom stereocenters. The number of halogens is 1. The van der Waals surface area contributed by atoms with Crippen molar-refractivity contribution in [2.24, 2.45) is 5.41 Å². The second-order valence-corrected chi connectivity index (χ2v) is 5.00. The lowest BCUT2D eigenvalue weighted by Gasteiger charge is -1.98. The van der Waals surface area contributed by atoms with Crippen LogP contribution in [0.25, 0.3) is 0 Å². The second kappa shape index (κ2) is 2.24. The van der Waals surface area contributed by atoms with Crippen LogP contribution >= 0.6 is 15.9 Å². The first-order chi connectivity index (χ1) is 6.21. The number of rotatable bonds is 0. The molecular weight excluding hydrogens is 228 g/mol. The van der Waals surface area contributed by atoms with Crippen molar-refractivity contribution < 1.29 is 4.79 Å². The first kappa shape index (κ1) is 7.74. The molecule has 0 amide bonds. The molecule has 66 valence electrons. The number of benzene rings is 1. The zero-order chi connectivity index (χ0) is 9.05. The number of hydrogen-bond donors (Lipinski definition) is 0. The molecule has 0 N–H and O–H groups in total. The van der Waals surface area contributed by atoms with Crippen LogP contribution in [0.3, 0.4) is 0 Å². The number of fused-ring (bicyclic) bond motifs is 1. The van der Waals surface area contributed by atoms with E-state index in [4.69, 9.17) is 0 Å². The quantitative estimate of drug-likeness (QED) is 0.677. The Morgan fingerprint density at radius 1 is 1.31 bits per heavy atom. The van der Waals surface area contributed by atoms with Crippen molar-refractivity contribution in [2.75, 3.05) is 0 Å². The Balaban J connectivity index is 2.18. The van der Waals surface area contributed by atoms with E-state index in [0.717, 1.165) is 29.3 Å². The summed E-state index contributed by atoms with van der Waals surface area (Å²) >= 11 is 3.40. The minimum atomic E-state index is 0.0448. The normalized spacial score (nSPS) is 22.1. The molecule has 2 heteroatoms. The summed E-state index contributed by atoms with van der Waals surface area (Å²) in [5.74, 6) is 0.379. The largest absolute Gasteiger partial charge is 0.294 e. The molecule has 0 unspecified atom stereocenters. The van der Waals surface area contributed by atoms with Crippen LogP contribution in [-0.4, -0.2) is 5.78 Å². The van der Waals surface area contributed by atoms with Crippen molar-refractivity contribution in [1.29, 1.82) is 0 Å². The van der Waals surface area contributed by atoms with Crippen LogP contribution in [0.2, 0.25) is 0 Å². The number of Topliss-reactive ketones (excluding diaryl/α,β-unsaturated/α-hetero) is 1. The minimum absolute atomic E-state index is 0.0448. The Morgan fingerprint density at radius 2 is 2.08 bits per heavy atom. The van der Waals surface area contributed by atoms with Gasteiger partial charge in [-0.3, -0.25) is 4.79 Å². The standard InChI is InChI=1S/C11H9BrO/c12-8-2-1-7-6-11(3-4-11)10(13)9(7)5-8/h1-2,5H,3-4,6H2. The first-order valence-electron chi connectivity index (χ1n) is 4.55. The fourth-order valence-corrected chi connectivity index (χ4v) is 2.56. The Kier molecular flexibility index (Phi) is 1.33. The molecule has 0 aliphatic heterocycles. The molecule has 1 nitrogen and oxygen atoms in total. The zero-order valence-electron chi connectivity index (χ0n) is 7.14. The lowest BCUT2D eigenvalue weighted by atomic mass is 10.0. The molecule has 0 heterocycles. The van der Waals surface area contributed by atoms with Crippen molar-refractivity contribution >= 4 is 21.7 Å². The molecule has 13 heavy (non-hydrogen) atoms. The predicted molar refractivity (Wildman–Crippen MR) is 53.8 cm³/mol. The summed E-state index contributed by atoms with van der Waals surface area (Å²) in [7, 11) is 0. The van der Waals surface area contributed by atoms with E-state index in [2.05, 4.69) is 22.0 Å². The average molecular weight is 237 g/mol. The topological polar surface area (TPSA) is 17.1 Å². The van der Waals surface area contributed by atoms with Gasteiger partial charge in [-0.1, -0.05) is 22.0 Å². The smallest absolute Gasteiger partial charge is 0.169 e. The van der Waals surface area contributed by atoms with E-state index in [-0.39, 0.29) is 5.41 Å². The first-order valence-corrected chi connectivity index (χ1v) is 5.34. The minimum Gasteiger partial charge on any atom is -0.294 e. The number of carbonyl (C=O) groups is 1. The Bertz CT molecular complexity index is 405. The highest BCUT2D eigenvalue weighted by Gasteiger charge is 2.54. The van der Waals surface area contributed by atoms with E-state index >= 15 is 0 Å². The van der Waals surface area contributed by atoms with Gasteiger partial charge in [-0.25, -0.2) is 0 Å². The van der Waals surface area contributed by atoms with Crippen molar-refractivity contribution in [3.63, 3.8) is 0 Å². The molecule has 0 aromatic heterocycles. The Morgan fingerprint density at radius 3 is 2.77 bits per heavy atom. The van der Waals surface area contributed by atoms with Gasteiger partial charge in [-0.05, 0) is 37.0 Å². The third kappa shape index (κ3) is 0.953. The molecule has 2 aliphatic rings. The van der Waals surface area contributed by atoms with Crippen molar-refractivity contribution in [1.82, 2.24) is 0 Å². The lowest BCUT2D eigenvalue weighted by molar-refractivity contribution is 0.0919. The molecule has 0 bridgehead atoms. The van der Waals surface area contributed by atoms with Gasteiger partial charge in [0.15, 0.2) is 5.78 Å². The highest BCUT2D eigenvalue weighted by molar-refractivity contribution is 9.10. The molecule has 1 spiro atoms. The summed E-state index contributed by atoms with van der Waals surface area (Å²) in [6, 6.07) is 6.06. The fourth-order valence-electron chi connectivity index (χ4n) is 2.20. The van der Waals surface area contributed by atoms with E-state index in [1.54, 1.807) is 0 Å². The van der Waals surface area contributed by atoms with Crippen molar-refractivity contribution in [3.05, 3.63) is 33.8 Å². The number of hydrogen-bond acceptors (Lipinski definition) is 1. The van der Waals surface area contributed by atoms with Crippen LogP contribution in [0.1, 0.15) is 28.8 Å². The molecule has 1 aromatic carbocycles. The molecular formula is C11H9BrO. The van der Waals surface area contributed by atoms with Gasteiger partial charge < -0.3 is 0 Å². The van der Waals surface area contributed by atoms with Gasteiger partial charge >= 0.3 is 0 Å². The predicted octanol–water partition coefficient (Wildman–Crippen LogP) is 2.97. The molecule has 1 fully saturated rings. The van der Waals surface area contributed by atoms with E-state index in [0.29, 0.717) is 5.78 Å². The molecule has 1 aromatic rings. The lowest BCUT2D eigenvalue weighted by Crippen LogP contribution is -2.08. The van der Waals surface area contributed by atoms with Gasteiger partial charge in [0.05, 0.1) is 0 Å². The maximum Gasteiger partial charge on any atom is 0.169 e. The monoisotopic (exact) mass is 236 g/mol. The third-order valence-electron chi connectivity index (χ3n) is 3.18. The van der Waals surface area contributed by atoms with Gasteiger partial charge in [0.25, 0.3) is 0 Å². The van der Waals surface area contributed by atoms with Crippen LogP contribution in [0.5, 0.6) is 0 Å². The molecule has 3 rings (SSSR count). The van der Waals surface area contributed by atoms with Crippen LogP contribution in [-0.2, 0) is 6.42 Å². The maximum atomic E-state index is 11.9.